The van der Waals surface area contributed by atoms with Crippen molar-refractivity contribution >= 4 is 32.9 Å². The summed E-state index contributed by atoms with van der Waals surface area (Å²) in [6.45, 7) is 0. The van der Waals surface area contributed by atoms with E-state index < -0.39 is 16.8 Å². The third-order valence-corrected chi connectivity index (χ3v) is 3.50. The van der Waals surface area contributed by atoms with Crippen molar-refractivity contribution in [3.05, 3.63) is 57.0 Å². The monoisotopic (exact) mass is 296 g/mol. The minimum Gasteiger partial charge on any atom is -0.508 e. The summed E-state index contributed by atoms with van der Waals surface area (Å²) in [7, 11) is 0. The van der Waals surface area contributed by atoms with Gasteiger partial charge in [0.1, 0.15) is 28.1 Å². The Morgan fingerprint density at radius 3 is 2.45 bits per heavy atom. The highest BCUT2D eigenvalue weighted by atomic mass is 16.4. The molecule has 0 saturated heterocycles. The Hall–Kier alpha value is -3.28. The molecule has 108 valence electrons. The number of phenols is 2. The molecule has 0 aliphatic rings. The van der Waals surface area contributed by atoms with Crippen LogP contribution in [0, 0.1) is 0 Å². The molecular formula is C16H8O6. The molecule has 0 saturated carbocycles. The lowest BCUT2D eigenvalue weighted by molar-refractivity contribution is 0.452. The number of hydrogen-bond acceptors (Lipinski definition) is 6. The van der Waals surface area contributed by atoms with Crippen molar-refractivity contribution in [2.75, 3.05) is 0 Å². The van der Waals surface area contributed by atoms with E-state index in [2.05, 4.69) is 0 Å². The van der Waals surface area contributed by atoms with Crippen LogP contribution in [0.15, 0.2) is 54.8 Å². The van der Waals surface area contributed by atoms with Crippen LogP contribution in [-0.2, 0) is 0 Å². The van der Waals surface area contributed by atoms with Gasteiger partial charge in [-0.2, -0.15) is 0 Å². The molecule has 6 nitrogen and oxygen atoms in total. The third kappa shape index (κ3) is 1.54. The molecule has 2 aromatic heterocycles. The average molecular weight is 296 g/mol. The lowest BCUT2D eigenvalue weighted by Gasteiger charge is -2.05. The molecule has 0 unspecified atom stereocenters. The fourth-order valence-corrected chi connectivity index (χ4v) is 2.58. The van der Waals surface area contributed by atoms with Gasteiger partial charge in [-0.25, -0.2) is 4.79 Å². The molecule has 4 aromatic rings. The quantitative estimate of drug-likeness (QED) is 0.294. The summed E-state index contributed by atoms with van der Waals surface area (Å²) in [5.74, 6) is -0.694. The molecule has 0 amide bonds. The minimum atomic E-state index is -0.796. The fraction of sp³-hybridized carbons (Fsp3) is 0. The zero-order valence-electron chi connectivity index (χ0n) is 11.0. The van der Waals surface area contributed by atoms with E-state index in [-0.39, 0.29) is 33.3 Å². The molecule has 0 atom stereocenters. The smallest absolute Gasteiger partial charge is 0.380 e. The predicted octanol–water partition coefficient (Wildman–Crippen LogP) is 2.46. The Labute approximate surface area is 121 Å². The molecule has 0 aliphatic heterocycles. The molecule has 2 heterocycles. The summed E-state index contributed by atoms with van der Waals surface area (Å²) in [4.78, 5) is 24.7. The summed E-state index contributed by atoms with van der Waals surface area (Å²) < 4.78 is 10.5. The van der Waals surface area contributed by atoms with E-state index in [0.29, 0.717) is 5.39 Å². The second kappa shape index (κ2) is 4.11. The molecule has 2 aromatic carbocycles. The maximum atomic E-state index is 12.7. The van der Waals surface area contributed by atoms with Crippen LogP contribution >= 0.6 is 0 Å². The van der Waals surface area contributed by atoms with Crippen molar-refractivity contribution in [1.29, 1.82) is 0 Å². The van der Waals surface area contributed by atoms with Crippen molar-refractivity contribution in [2.45, 2.75) is 0 Å². The van der Waals surface area contributed by atoms with Gasteiger partial charge < -0.3 is 19.0 Å². The van der Waals surface area contributed by atoms with Crippen molar-refractivity contribution in [3.63, 3.8) is 0 Å². The van der Waals surface area contributed by atoms with E-state index in [0.717, 1.165) is 12.1 Å². The Kier molecular flexibility index (Phi) is 2.33. The Balaban J connectivity index is 2.42. The second-order valence-corrected chi connectivity index (χ2v) is 4.86. The zero-order valence-corrected chi connectivity index (χ0v) is 11.0. The van der Waals surface area contributed by atoms with Gasteiger partial charge in [0.25, 0.3) is 0 Å². The van der Waals surface area contributed by atoms with E-state index in [9.17, 15) is 19.8 Å². The van der Waals surface area contributed by atoms with E-state index in [1.54, 1.807) is 24.3 Å². The van der Waals surface area contributed by atoms with E-state index >= 15 is 0 Å². The van der Waals surface area contributed by atoms with Crippen molar-refractivity contribution in [1.82, 2.24) is 0 Å². The number of para-hydroxylation sites is 1. The summed E-state index contributed by atoms with van der Waals surface area (Å²) >= 11 is 0. The van der Waals surface area contributed by atoms with Gasteiger partial charge in [0.15, 0.2) is 0 Å². The van der Waals surface area contributed by atoms with Gasteiger partial charge in [-0.1, -0.05) is 18.2 Å². The Bertz CT molecular complexity index is 1180. The molecule has 4 rings (SSSR count). The van der Waals surface area contributed by atoms with Crippen molar-refractivity contribution in [2.24, 2.45) is 0 Å². The van der Waals surface area contributed by atoms with Crippen molar-refractivity contribution in [3.8, 4) is 11.5 Å². The van der Waals surface area contributed by atoms with Gasteiger partial charge in [-0.3, -0.25) is 4.79 Å². The predicted molar refractivity (Wildman–Crippen MR) is 79.4 cm³/mol. The standard InChI is InChI=1S/C16H8O6/c17-7-5-9(18)13-11(6-7)21-15-12(14(13)19)8-3-1-2-4-10(8)22-16(15)20/h1-6,17-18H. The molecule has 0 bridgehead atoms. The Morgan fingerprint density at radius 1 is 0.864 bits per heavy atom. The topological polar surface area (TPSA) is 101 Å². The van der Waals surface area contributed by atoms with E-state index in [1.165, 1.54) is 0 Å². The number of aromatic hydroxyl groups is 2. The first-order chi connectivity index (χ1) is 10.6. The maximum absolute atomic E-state index is 12.7. The maximum Gasteiger partial charge on any atom is 0.380 e. The van der Waals surface area contributed by atoms with E-state index in [4.69, 9.17) is 8.83 Å². The Morgan fingerprint density at radius 2 is 1.64 bits per heavy atom. The van der Waals surface area contributed by atoms with Crippen molar-refractivity contribution < 1.29 is 19.0 Å². The molecular weight excluding hydrogens is 288 g/mol. The lowest BCUT2D eigenvalue weighted by atomic mass is 10.1. The van der Waals surface area contributed by atoms with Crippen LogP contribution in [0.4, 0.5) is 0 Å². The molecule has 6 heteroatoms. The highest BCUT2D eigenvalue weighted by Crippen LogP contribution is 2.30. The van der Waals surface area contributed by atoms with Gasteiger partial charge in [-0.15, -0.1) is 0 Å². The highest BCUT2D eigenvalue weighted by molar-refractivity contribution is 6.06. The lowest BCUT2D eigenvalue weighted by Crippen LogP contribution is -2.09. The van der Waals surface area contributed by atoms with Gasteiger partial charge in [0.05, 0.1) is 5.39 Å². The van der Waals surface area contributed by atoms with Gasteiger partial charge >= 0.3 is 5.63 Å². The molecule has 0 aliphatic carbocycles. The molecule has 22 heavy (non-hydrogen) atoms. The first-order valence-corrected chi connectivity index (χ1v) is 6.40. The van der Waals surface area contributed by atoms with Crippen LogP contribution in [0.1, 0.15) is 0 Å². The summed E-state index contributed by atoms with van der Waals surface area (Å²) in [6.07, 6.45) is 0. The van der Waals surface area contributed by atoms with Gasteiger partial charge in [0, 0.05) is 17.5 Å². The zero-order chi connectivity index (χ0) is 15.4. The van der Waals surface area contributed by atoms with E-state index in [1.807, 2.05) is 0 Å². The SMILES string of the molecule is O=c1oc2ccccc2c2c(=O)c3c(O)cc(O)cc3oc12. The normalized spacial score (nSPS) is 11.5. The molecule has 0 spiro atoms. The van der Waals surface area contributed by atoms with Gasteiger partial charge in [-0.05, 0) is 6.07 Å². The fourth-order valence-electron chi connectivity index (χ4n) is 2.58. The molecule has 0 radical (unpaired) electrons. The average Bonchev–Trinajstić information content (AvgIpc) is 2.46. The molecule has 2 N–H and O–H groups in total. The summed E-state index contributed by atoms with van der Waals surface area (Å²) in [6, 6.07) is 8.76. The number of benzene rings is 2. The second-order valence-electron chi connectivity index (χ2n) is 4.86. The first kappa shape index (κ1) is 12.5. The van der Waals surface area contributed by atoms with Crippen LogP contribution in [0.2, 0.25) is 0 Å². The number of phenolic OH excluding ortho intramolecular Hbond substituents is 2. The summed E-state index contributed by atoms with van der Waals surface area (Å²) in [5.41, 5.74) is -1.43. The number of fused-ring (bicyclic) bond motifs is 4. The van der Waals surface area contributed by atoms with Crippen LogP contribution < -0.4 is 11.1 Å². The third-order valence-electron chi connectivity index (χ3n) is 3.50. The van der Waals surface area contributed by atoms with Crippen LogP contribution in [0.3, 0.4) is 0 Å². The van der Waals surface area contributed by atoms with Crippen LogP contribution in [0.5, 0.6) is 11.5 Å². The molecule has 0 fully saturated rings. The number of rotatable bonds is 0. The van der Waals surface area contributed by atoms with Crippen LogP contribution in [0.25, 0.3) is 32.9 Å². The minimum absolute atomic E-state index is 0.0420. The first-order valence-electron chi connectivity index (χ1n) is 6.40. The largest absolute Gasteiger partial charge is 0.508 e. The highest BCUT2D eigenvalue weighted by Gasteiger charge is 2.18. The van der Waals surface area contributed by atoms with Crippen LogP contribution in [-0.4, -0.2) is 10.2 Å². The summed E-state index contributed by atoms with van der Waals surface area (Å²) in [5, 5.41) is 19.8. The number of hydrogen-bond donors (Lipinski definition) is 2. The van der Waals surface area contributed by atoms with Gasteiger partial charge in [0.2, 0.25) is 11.0 Å².